The quantitative estimate of drug-likeness (QED) is 0.0311. The highest BCUT2D eigenvalue weighted by molar-refractivity contribution is 5.90. The van der Waals surface area contributed by atoms with Gasteiger partial charge in [0.15, 0.2) is 36.0 Å². The molecule has 600 valence electrons. The third-order valence-electron chi connectivity index (χ3n) is 26.1. The summed E-state index contributed by atoms with van der Waals surface area (Å²) >= 11 is 0. The number of benzene rings is 2. The molecule has 24 heteroatoms. The topological polar surface area (TPSA) is 335 Å². The molecule has 3 saturated heterocycles. The van der Waals surface area contributed by atoms with Crippen molar-refractivity contribution in [2.75, 3.05) is 27.4 Å². The van der Waals surface area contributed by atoms with Crippen LogP contribution in [0, 0.1) is 69.0 Å². The molecule has 7 fully saturated rings. The molecule has 2 aromatic rings. The molecule has 9 aliphatic rings. The van der Waals surface area contributed by atoms with Crippen LogP contribution in [0.15, 0.2) is 108 Å². The Kier molecular flexibility index (Phi) is 25.8. The van der Waals surface area contributed by atoms with Gasteiger partial charge in [-0.25, -0.2) is 19.2 Å². The number of methoxy groups -OCH3 is 2. The molecule has 0 radical (unpaired) electrons. The highest BCUT2D eigenvalue weighted by Gasteiger charge is 2.81. The van der Waals surface area contributed by atoms with Gasteiger partial charge in [-0.2, -0.15) is 0 Å². The van der Waals surface area contributed by atoms with Gasteiger partial charge in [-0.15, -0.1) is 0 Å². The number of carbonyl (C=O) groups excluding carboxylic acids is 6. The fourth-order valence-electron chi connectivity index (χ4n) is 20.8. The van der Waals surface area contributed by atoms with E-state index in [9.17, 15) is 59.4 Å². The molecule has 3 aliphatic heterocycles. The minimum Gasteiger partial charge on any atom is -0.456 e. The number of carbonyl (C=O) groups is 6. The molecule has 4 saturated carbocycles. The zero-order valence-electron chi connectivity index (χ0n) is 66.7. The van der Waals surface area contributed by atoms with Crippen LogP contribution in [0.1, 0.15) is 184 Å². The largest absolute Gasteiger partial charge is 0.456 e. The fraction of sp³-hybridized carbons (Fsp3) is 0.690. The Labute approximate surface area is 636 Å². The average Bonchev–Trinajstić information content (AvgIpc) is 0.671. The maximum absolute atomic E-state index is 14.2. The normalized spacial score (nSPS) is 37.7. The molecular formula is C84H120O24. The van der Waals surface area contributed by atoms with E-state index in [1.54, 1.807) is 129 Å². The third-order valence-corrected chi connectivity index (χ3v) is 26.1. The Balaban J connectivity index is 0.000000229. The number of rotatable bonds is 20. The van der Waals surface area contributed by atoms with Gasteiger partial charge in [0.05, 0.1) is 60.6 Å². The molecule has 24 nitrogen and oxygen atoms in total. The van der Waals surface area contributed by atoms with Crippen molar-refractivity contribution in [2.24, 2.45) is 69.0 Å². The minimum absolute atomic E-state index is 0.00613. The first-order valence-corrected chi connectivity index (χ1v) is 38.2. The van der Waals surface area contributed by atoms with Crippen LogP contribution in [-0.2, 0) is 76.0 Å². The van der Waals surface area contributed by atoms with Gasteiger partial charge in [-0.3, -0.25) is 9.59 Å². The fourth-order valence-corrected chi connectivity index (χ4v) is 20.8. The summed E-state index contributed by atoms with van der Waals surface area (Å²) in [6.07, 6.45) is -9.50. The van der Waals surface area contributed by atoms with Gasteiger partial charge in [0.25, 0.3) is 0 Å². The van der Waals surface area contributed by atoms with Crippen LogP contribution in [-0.4, -0.2) is 202 Å². The molecule has 2 aromatic carbocycles. The number of aliphatic hydroxyl groups excluding tert-OH is 4. The molecule has 6 N–H and O–H groups in total. The van der Waals surface area contributed by atoms with E-state index in [4.69, 9.17) is 56.8 Å². The predicted molar refractivity (Wildman–Crippen MR) is 395 cm³/mol. The van der Waals surface area contributed by atoms with Gasteiger partial charge in [-0.1, -0.05) is 158 Å². The van der Waals surface area contributed by atoms with Gasteiger partial charge in [0.1, 0.15) is 47.8 Å². The van der Waals surface area contributed by atoms with Crippen LogP contribution in [0.5, 0.6) is 0 Å². The molecular weight excluding hydrogens is 1390 g/mol. The zero-order valence-corrected chi connectivity index (χ0v) is 66.7. The molecule has 3 unspecified atom stereocenters. The van der Waals surface area contributed by atoms with E-state index < -0.39 is 189 Å². The second-order valence-corrected chi connectivity index (χ2v) is 34.3. The van der Waals surface area contributed by atoms with Gasteiger partial charge in [0, 0.05) is 87.2 Å². The summed E-state index contributed by atoms with van der Waals surface area (Å²) in [5.41, 5.74) is -8.39. The Morgan fingerprint density at radius 1 is 0.574 bits per heavy atom. The lowest BCUT2D eigenvalue weighted by atomic mass is 9.43. The van der Waals surface area contributed by atoms with Crippen molar-refractivity contribution >= 4 is 35.8 Å². The van der Waals surface area contributed by atoms with Crippen LogP contribution in [0.25, 0.3) is 0 Å². The van der Waals surface area contributed by atoms with Crippen molar-refractivity contribution in [3.05, 3.63) is 119 Å². The highest BCUT2D eigenvalue weighted by Crippen LogP contribution is 2.70. The van der Waals surface area contributed by atoms with Gasteiger partial charge in [0.2, 0.25) is 0 Å². The number of aliphatic hydroxyl groups is 6. The Bertz CT molecular complexity index is 3680. The van der Waals surface area contributed by atoms with Crippen molar-refractivity contribution in [3.63, 3.8) is 0 Å². The summed E-state index contributed by atoms with van der Waals surface area (Å²) < 4.78 is 72.4. The first-order valence-electron chi connectivity index (χ1n) is 38.2. The van der Waals surface area contributed by atoms with Crippen molar-refractivity contribution in [3.8, 4) is 0 Å². The lowest BCUT2D eigenvalue weighted by Gasteiger charge is -2.71. The predicted octanol–water partition coefficient (Wildman–Crippen LogP) is 9.85. The van der Waals surface area contributed by atoms with E-state index in [0.29, 0.717) is 30.4 Å². The average molecular weight is 1510 g/mol. The molecule has 0 spiro atoms. The van der Waals surface area contributed by atoms with Crippen molar-refractivity contribution in [1.82, 2.24) is 0 Å². The van der Waals surface area contributed by atoms with Gasteiger partial charge < -0.3 is 87.5 Å². The van der Waals surface area contributed by atoms with E-state index in [0.717, 1.165) is 11.1 Å². The molecule has 4 bridgehead atoms. The lowest BCUT2D eigenvalue weighted by molar-refractivity contribution is -0.403. The van der Waals surface area contributed by atoms with Crippen LogP contribution >= 0.6 is 0 Å². The van der Waals surface area contributed by atoms with Gasteiger partial charge in [-0.05, 0) is 97.9 Å². The van der Waals surface area contributed by atoms with Crippen LogP contribution in [0.4, 0.5) is 0 Å². The zero-order chi connectivity index (χ0) is 80.3. The number of ether oxygens (including phenoxy) is 12. The Hall–Kier alpha value is -6.26. The summed E-state index contributed by atoms with van der Waals surface area (Å²) in [6.45, 7) is 40.1. The summed E-state index contributed by atoms with van der Waals surface area (Å²) in [5.74, 6) is -7.74. The summed E-state index contributed by atoms with van der Waals surface area (Å²) in [5, 5.41) is 73.4. The maximum Gasteiger partial charge on any atom is 0.338 e. The third kappa shape index (κ3) is 14.9. The van der Waals surface area contributed by atoms with Crippen LogP contribution < -0.4 is 0 Å². The molecule has 0 amide bonds. The van der Waals surface area contributed by atoms with Gasteiger partial charge >= 0.3 is 35.8 Å². The molecule has 11 rings (SSSR count). The maximum atomic E-state index is 14.2. The molecule has 25 atom stereocenters. The van der Waals surface area contributed by atoms with E-state index >= 15 is 0 Å². The SMILES string of the molecule is C=CC(OC)OC.C=CC1O[C@H]2C[C@H]3OC[C@@]3(OC(C)=O)[C@H]3[C@H](OC(=O)c4ccccc4)[C@]4(O)C[C@H](OC(=O)C(O)[C@@H](C)CC(C)C)C(C)=C([C@H](C)[C@H](O1)[C@]23C)C4(C)C.CC(=O)O[C@@]12CO[C@@H]1C[C@H](O)[C@]1(C)[C@@H]2[C@H](OC(=O)c2ccccc2)[C@]2(O)C[C@H](OC(=O)C(O)[C@@H](C)CC(C)C)C(C)=C([C@H](C)[C@@H]1O)C2(C)C. The first-order chi connectivity index (χ1) is 50.4. The van der Waals surface area contributed by atoms with Crippen molar-refractivity contribution in [1.29, 1.82) is 0 Å². The summed E-state index contributed by atoms with van der Waals surface area (Å²) in [4.78, 5) is 81.2. The Morgan fingerprint density at radius 3 is 1.32 bits per heavy atom. The molecule has 3 heterocycles. The number of hydrogen-bond donors (Lipinski definition) is 6. The van der Waals surface area contributed by atoms with E-state index in [2.05, 4.69) is 13.2 Å². The standard InChI is InChI=1S/C41H56O11.C38H54O11.C5H10O2/c1-11-30-49-28-18-29-40(20-47-29,52-25(7)42)33-35(51-36(44)26-15-13-12-14-16-26)41(46)19-27(48-37(45)32(43)22(4)17-21(2)3)23(5)31(38(41,8)9)24(6)34(50-30)39(28,33)10;1-19(2)15-20(3)29(41)34(44)47-25-17-38(45)32(48-33(43)24-13-11-10-12-14-24)30-36(9,31(42)22(5)28(21(25)4)35(38,7)8)26(40)16-27-37(30,18-46-27)49-23(6)39;1-4-5(6-2)7-3/h11-16,21-22,24,27-30,32-35,43,46H,1,17-20H2,2-10H3;10-14,19-20,22,25-27,29-32,40-42,45H,15-18H2,1-9H3;4-5H,1H2,2-3H3/t22-,24-,27-,28-,29+,30?,32?,33-,34-,35-,39+,40-,41+;20-,22-,25-,26-,27+,29?,30-,31-,32-,36+,37-,38+;/m00./s1. The number of fused-ring (bicyclic) bond motifs is 9. The van der Waals surface area contributed by atoms with Crippen molar-refractivity contribution < 1.29 is 116 Å². The van der Waals surface area contributed by atoms with Crippen LogP contribution in [0.2, 0.25) is 0 Å². The minimum atomic E-state index is -2.02. The van der Waals surface area contributed by atoms with Crippen molar-refractivity contribution in [2.45, 2.75) is 271 Å². The lowest BCUT2D eigenvalue weighted by Crippen LogP contribution is -2.83. The first kappa shape index (κ1) is 85.7. The smallest absolute Gasteiger partial charge is 0.338 e. The summed E-state index contributed by atoms with van der Waals surface area (Å²) in [6, 6.07) is 16.8. The number of hydrogen-bond acceptors (Lipinski definition) is 24. The molecule has 108 heavy (non-hydrogen) atoms. The monoisotopic (exact) mass is 1510 g/mol. The second-order valence-electron chi connectivity index (χ2n) is 34.3. The van der Waals surface area contributed by atoms with E-state index in [-0.39, 0.29) is 67.6 Å². The second kappa shape index (κ2) is 32.4. The van der Waals surface area contributed by atoms with E-state index in [1.165, 1.54) is 13.8 Å². The molecule has 6 aliphatic carbocycles. The number of esters is 6. The van der Waals surface area contributed by atoms with Crippen LogP contribution in [0.3, 0.4) is 0 Å². The highest BCUT2D eigenvalue weighted by atomic mass is 16.7. The summed E-state index contributed by atoms with van der Waals surface area (Å²) in [7, 11) is 3.13. The van der Waals surface area contributed by atoms with E-state index in [1.807, 2.05) is 69.2 Å². The molecule has 0 aromatic heterocycles. The Morgan fingerprint density at radius 2 is 0.972 bits per heavy atom.